The first-order valence-corrected chi connectivity index (χ1v) is 7.19. The number of hydrogen-bond acceptors (Lipinski definition) is 2. The fraction of sp³-hybridized carbons (Fsp3) is 0.188. The molecular formula is C16H14N2S. The van der Waals surface area contributed by atoms with E-state index in [4.69, 9.17) is 5.26 Å². The van der Waals surface area contributed by atoms with Gasteiger partial charge < -0.3 is 4.57 Å². The standard InChI is InChI=1S/C16H14N2S/c1-2-13-6-7-14(19-13)11-18-9-8-15-12(10-17)4-3-5-16(15)18/h3-9H,2,11H2,1H3. The molecule has 0 amide bonds. The van der Waals surface area contributed by atoms with Crippen molar-refractivity contribution in [3.8, 4) is 6.07 Å². The average Bonchev–Trinajstić information content (AvgIpc) is 3.06. The van der Waals surface area contributed by atoms with Crippen molar-refractivity contribution in [2.75, 3.05) is 0 Å². The summed E-state index contributed by atoms with van der Waals surface area (Å²) in [5.41, 5.74) is 1.88. The molecule has 0 N–H and O–H groups in total. The van der Waals surface area contributed by atoms with Crippen molar-refractivity contribution in [2.24, 2.45) is 0 Å². The van der Waals surface area contributed by atoms with Crippen LogP contribution >= 0.6 is 11.3 Å². The third-order valence-electron chi connectivity index (χ3n) is 3.33. The molecule has 2 aromatic heterocycles. The lowest BCUT2D eigenvalue weighted by Crippen LogP contribution is -1.95. The second-order valence-electron chi connectivity index (χ2n) is 4.52. The summed E-state index contributed by atoms with van der Waals surface area (Å²) in [6.45, 7) is 3.06. The third kappa shape index (κ3) is 2.16. The van der Waals surface area contributed by atoms with Gasteiger partial charge in [0, 0.05) is 26.9 Å². The molecule has 94 valence electrons. The monoisotopic (exact) mass is 266 g/mol. The predicted molar refractivity (Wildman–Crippen MR) is 79.5 cm³/mol. The Morgan fingerprint density at radius 1 is 1.16 bits per heavy atom. The summed E-state index contributed by atoms with van der Waals surface area (Å²) in [4.78, 5) is 2.78. The molecule has 1 aromatic carbocycles. The first-order chi connectivity index (χ1) is 9.31. The van der Waals surface area contributed by atoms with Gasteiger partial charge >= 0.3 is 0 Å². The van der Waals surface area contributed by atoms with Crippen molar-refractivity contribution in [1.29, 1.82) is 5.26 Å². The lowest BCUT2D eigenvalue weighted by molar-refractivity contribution is 0.851. The van der Waals surface area contributed by atoms with Crippen LogP contribution in [0.1, 0.15) is 22.2 Å². The van der Waals surface area contributed by atoms with Gasteiger partial charge in [-0.25, -0.2) is 0 Å². The quantitative estimate of drug-likeness (QED) is 0.699. The molecule has 0 unspecified atom stereocenters. The van der Waals surface area contributed by atoms with Crippen LogP contribution in [-0.4, -0.2) is 4.57 Å². The minimum absolute atomic E-state index is 0.747. The number of rotatable bonds is 3. The molecule has 0 fully saturated rings. The zero-order chi connectivity index (χ0) is 13.2. The van der Waals surface area contributed by atoms with E-state index >= 15 is 0 Å². The molecule has 0 aliphatic heterocycles. The molecule has 0 atom stereocenters. The molecule has 0 saturated carbocycles. The highest BCUT2D eigenvalue weighted by Crippen LogP contribution is 2.23. The fourth-order valence-electron chi connectivity index (χ4n) is 2.32. The Morgan fingerprint density at radius 2 is 2.00 bits per heavy atom. The van der Waals surface area contributed by atoms with E-state index in [0.29, 0.717) is 0 Å². The Balaban J connectivity index is 2.00. The maximum atomic E-state index is 9.11. The number of hydrogen-bond donors (Lipinski definition) is 0. The van der Waals surface area contributed by atoms with E-state index in [1.165, 1.54) is 9.75 Å². The highest BCUT2D eigenvalue weighted by molar-refractivity contribution is 7.11. The summed E-state index contributed by atoms with van der Waals surface area (Å²) in [6, 6.07) is 14.6. The van der Waals surface area contributed by atoms with Crippen molar-refractivity contribution in [3.63, 3.8) is 0 Å². The van der Waals surface area contributed by atoms with Gasteiger partial charge in [0.1, 0.15) is 0 Å². The Labute approximate surface area is 116 Å². The van der Waals surface area contributed by atoms with Gasteiger partial charge in [0.15, 0.2) is 0 Å². The van der Waals surface area contributed by atoms with Gasteiger partial charge in [-0.15, -0.1) is 11.3 Å². The van der Waals surface area contributed by atoms with Crippen molar-refractivity contribution in [2.45, 2.75) is 19.9 Å². The van der Waals surface area contributed by atoms with Crippen LogP contribution in [0.5, 0.6) is 0 Å². The van der Waals surface area contributed by atoms with E-state index in [1.54, 1.807) is 0 Å². The van der Waals surface area contributed by atoms with Crippen molar-refractivity contribution >= 4 is 22.2 Å². The number of nitrogens with zero attached hydrogens (tertiary/aromatic N) is 2. The summed E-state index contributed by atoms with van der Waals surface area (Å²) in [7, 11) is 0. The number of aryl methyl sites for hydroxylation is 1. The van der Waals surface area contributed by atoms with Gasteiger partial charge in [0.2, 0.25) is 0 Å². The Bertz CT molecular complexity index is 758. The molecule has 19 heavy (non-hydrogen) atoms. The van der Waals surface area contributed by atoms with Gasteiger partial charge in [0.25, 0.3) is 0 Å². The van der Waals surface area contributed by atoms with Crippen LogP contribution in [0, 0.1) is 11.3 Å². The molecule has 0 radical (unpaired) electrons. The smallest absolute Gasteiger partial charge is 0.0998 e. The van der Waals surface area contributed by atoms with Gasteiger partial charge in [-0.3, -0.25) is 0 Å². The van der Waals surface area contributed by atoms with Crippen LogP contribution < -0.4 is 0 Å². The van der Waals surface area contributed by atoms with Crippen molar-refractivity contribution in [1.82, 2.24) is 4.57 Å². The number of aromatic nitrogens is 1. The third-order valence-corrected chi connectivity index (χ3v) is 4.54. The van der Waals surface area contributed by atoms with E-state index in [-0.39, 0.29) is 0 Å². The Hall–Kier alpha value is -2.05. The molecule has 2 nitrogen and oxygen atoms in total. The minimum atomic E-state index is 0.747. The first-order valence-electron chi connectivity index (χ1n) is 6.37. The van der Waals surface area contributed by atoms with E-state index in [9.17, 15) is 0 Å². The van der Waals surface area contributed by atoms with E-state index in [0.717, 1.165) is 29.4 Å². The molecule has 3 aromatic rings. The van der Waals surface area contributed by atoms with Crippen LogP contribution in [0.2, 0.25) is 0 Å². The Morgan fingerprint density at radius 3 is 2.74 bits per heavy atom. The van der Waals surface area contributed by atoms with Crippen LogP contribution in [0.4, 0.5) is 0 Å². The SMILES string of the molecule is CCc1ccc(Cn2ccc3c(C#N)cccc32)s1. The fourth-order valence-corrected chi connectivity index (χ4v) is 3.28. The number of benzene rings is 1. The largest absolute Gasteiger partial charge is 0.342 e. The molecule has 3 rings (SSSR count). The highest BCUT2D eigenvalue weighted by atomic mass is 32.1. The summed E-state index contributed by atoms with van der Waals surface area (Å²) in [6.07, 6.45) is 3.16. The molecular weight excluding hydrogens is 252 g/mol. The van der Waals surface area contributed by atoms with E-state index < -0.39 is 0 Å². The summed E-state index contributed by atoms with van der Waals surface area (Å²) in [5.74, 6) is 0. The number of nitriles is 1. The Kier molecular flexibility index (Phi) is 3.10. The van der Waals surface area contributed by atoms with Gasteiger partial charge in [-0.05, 0) is 36.8 Å². The van der Waals surface area contributed by atoms with Gasteiger partial charge in [-0.1, -0.05) is 13.0 Å². The summed E-state index contributed by atoms with van der Waals surface area (Å²) in [5, 5.41) is 10.2. The van der Waals surface area contributed by atoms with Crippen LogP contribution in [0.3, 0.4) is 0 Å². The molecule has 2 heterocycles. The molecule has 0 aliphatic carbocycles. The molecule has 0 aliphatic rings. The summed E-state index contributed by atoms with van der Waals surface area (Å²) < 4.78 is 2.21. The molecule has 3 heteroatoms. The normalized spacial score (nSPS) is 10.7. The van der Waals surface area contributed by atoms with Crippen LogP contribution in [0.15, 0.2) is 42.6 Å². The first kappa shape index (κ1) is 12.0. The maximum Gasteiger partial charge on any atom is 0.0998 e. The van der Waals surface area contributed by atoms with Crippen molar-refractivity contribution in [3.05, 3.63) is 57.9 Å². The van der Waals surface area contributed by atoms with E-state index in [1.807, 2.05) is 29.5 Å². The maximum absolute atomic E-state index is 9.11. The lowest BCUT2D eigenvalue weighted by atomic mass is 10.1. The average molecular weight is 266 g/mol. The lowest BCUT2D eigenvalue weighted by Gasteiger charge is -2.03. The second-order valence-corrected chi connectivity index (χ2v) is 5.77. The number of fused-ring (bicyclic) bond motifs is 1. The predicted octanol–water partition coefficient (Wildman–Crippen LogP) is 4.19. The van der Waals surface area contributed by atoms with E-state index in [2.05, 4.69) is 42.0 Å². The zero-order valence-corrected chi connectivity index (χ0v) is 11.6. The molecule has 0 bridgehead atoms. The van der Waals surface area contributed by atoms with Gasteiger partial charge in [-0.2, -0.15) is 5.26 Å². The minimum Gasteiger partial charge on any atom is -0.342 e. The topological polar surface area (TPSA) is 28.7 Å². The van der Waals surface area contributed by atoms with Crippen molar-refractivity contribution < 1.29 is 0 Å². The zero-order valence-electron chi connectivity index (χ0n) is 10.8. The molecule has 0 saturated heterocycles. The van der Waals surface area contributed by atoms with Gasteiger partial charge in [0.05, 0.1) is 18.2 Å². The number of thiophene rings is 1. The summed E-state index contributed by atoms with van der Waals surface area (Å²) >= 11 is 1.86. The van der Waals surface area contributed by atoms with Crippen LogP contribution in [-0.2, 0) is 13.0 Å². The highest BCUT2D eigenvalue weighted by Gasteiger charge is 2.06. The molecule has 0 spiro atoms. The second kappa shape index (κ2) is 4.91. The van der Waals surface area contributed by atoms with Crippen LogP contribution in [0.25, 0.3) is 10.9 Å².